The summed E-state index contributed by atoms with van der Waals surface area (Å²) in [6.45, 7) is 2.25. The highest BCUT2D eigenvalue weighted by atomic mass is 16.4. The number of carbonyl (C=O) groups is 1. The summed E-state index contributed by atoms with van der Waals surface area (Å²) in [5.41, 5.74) is 0.0358. The van der Waals surface area contributed by atoms with E-state index in [0.29, 0.717) is 6.04 Å². The second-order valence-corrected chi connectivity index (χ2v) is 4.30. The lowest BCUT2D eigenvalue weighted by molar-refractivity contribution is 0.0690. The van der Waals surface area contributed by atoms with E-state index in [4.69, 9.17) is 5.11 Å². The van der Waals surface area contributed by atoms with Gasteiger partial charge in [-0.1, -0.05) is 12.1 Å². The van der Waals surface area contributed by atoms with E-state index in [-0.39, 0.29) is 5.69 Å². The summed E-state index contributed by atoms with van der Waals surface area (Å²) in [4.78, 5) is 10.6. The molecule has 15 heavy (non-hydrogen) atoms. The molecule has 0 amide bonds. The van der Waals surface area contributed by atoms with Gasteiger partial charge in [0.25, 0.3) is 0 Å². The first kappa shape index (κ1) is 10.1. The fourth-order valence-corrected chi connectivity index (χ4v) is 2.06. The lowest BCUT2D eigenvalue weighted by Gasteiger charge is -2.25. The van der Waals surface area contributed by atoms with Crippen molar-refractivity contribution >= 4 is 5.97 Å². The molecule has 82 valence electrons. The fourth-order valence-electron chi connectivity index (χ4n) is 2.06. The molecule has 1 aromatic heterocycles. The van der Waals surface area contributed by atoms with E-state index in [9.17, 15) is 4.79 Å². The van der Waals surface area contributed by atoms with Crippen LogP contribution in [0.5, 0.6) is 0 Å². The maximum Gasteiger partial charge on any atom is 0.358 e. The van der Waals surface area contributed by atoms with Crippen LogP contribution in [-0.4, -0.2) is 26.1 Å². The van der Waals surface area contributed by atoms with Crippen LogP contribution in [0.1, 0.15) is 49.1 Å². The molecule has 5 nitrogen and oxygen atoms in total. The van der Waals surface area contributed by atoms with Crippen LogP contribution in [0.2, 0.25) is 0 Å². The predicted octanol–water partition coefficient (Wildman–Crippen LogP) is 1.73. The first-order valence-electron chi connectivity index (χ1n) is 5.32. The third-order valence-electron chi connectivity index (χ3n) is 3.09. The monoisotopic (exact) mass is 209 g/mol. The Hall–Kier alpha value is -1.39. The van der Waals surface area contributed by atoms with Gasteiger partial charge in [0.1, 0.15) is 0 Å². The largest absolute Gasteiger partial charge is 0.476 e. The molecular weight excluding hydrogens is 194 g/mol. The Bertz CT molecular complexity index is 353. The van der Waals surface area contributed by atoms with Crippen molar-refractivity contribution in [2.45, 2.75) is 38.6 Å². The van der Waals surface area contributed by atoms with E-state index < -0.39 is 5.97 Å². The minimum absolute atomic E-state index is 0.0358. The van der Waals surface area contributed by atoms with Gasteiger partial charge < -0.3 is 5.11 Å². The number of aromatic nitrogens is 3. The molecular formula is C10H15N3O2. The van der Waals surface area contributed by atoms with Crippen molar-refractivity contribution in [3.63, 3.8) is 0 Å². The minimum Gasteiger partial charge on any atom is -0.476 e. The molecule has 1 aliphatic rings. The van der Waals surface area contributed by atoms with Gasteiger partial charge in [-0.2, -0.15) is 0 Å². The second-order valence-electron chi connectivity index (χ2n) is 4.30. The SMILES string of the molecule is CC1CCC(n2cc(C(=O)O)nn2)CC1. The highest BCUT2D eigenvalue weighted by molar-refractivity contribution is 5.84. The molecule has 1 aliphatic carbocycles. The molecule has 0 unspecified atom stereocenters. The molecule has 2 rings (SSSR count). The van der Waals surface area contributed by atoms with Crippen molar-refractivity contribution in [1.29, 1.82) is 0 Å². The summed E-state index contributed by atoms with van der Waals surface area (Å²) in [5, 5.41) is 16.2. The topological polar surface area (TPSA) is 68.0 Å². The van der Waals surface area contributed by atoms with Crippen LogP contribution in [0.15, 0.2) is 6.20 Å². The molecule has 1 heterocycles. The Labute approximate surface area is 88.1 Å². The Kier molecular flexibility index (Phi) is 2.70. The van der Waals surface area contributed by atoms with Crippen molar-refractivity contribution in [2.24, 2.45) is 5.92 Å². The van der Waals surface area contributed by atoms with Crippen LogP contribution in [0.4, 0.5) is 0 Å². The van der Waals surface area contributed by atoms with Crippen LogP contribution in [0, 0.1) is 5.92 Å². The summed E-state index contributed by atoms with van der Waals surface area (Å²) in [5.74, 6) is -0.228. The average molecular weight is 209 g/mol. The molecule has 1 fully saturated rings. The van der Waals surface area contributed by atoms with Gasteiger partial charge in [-0.05, 0) is 31.6 Å². The van der Waals surface area contributed by atoms with Crippen molar-refractivity contribution in [3.8, 4) is 0 Å². The smallest absolute Gasteiger partial charge is 0.358 e. The zero-order valence-electron chi connectivity index (χ0n) is 8.76. The summed E-state index contributed by atoms with van der Waals surface area (Å²) in [7, 11) is 0. The highest BCUT2D eigenvalue weighted by Gasteiger charge is 2.21. The summed E-state index contributed by atoms with van der Waals surface area (Å²) < 4.78 is 1.70. The maximum absolute atomic E-state index is 10.6. The second kappa shape index (κ2) is 4.00. The molecule has 0 atom stereocenters. The van der Waals surface area contributed by atoms with Gasteiger partial charge in [-0.3, -0.25) is 0 Å². The van der Waals surface area contributed by atoms with Crippen LogP contribution >= 0.6 is 0 Å². The van der Waals surface area contributed by atoms with Crippen LogP contribution in [0.25, 0.3) is 0 Å². The summed E-state index contributed by atoms with van der Waals surface area (Å²) in [6, 6.07) is 0.335. The molecule has 1 saturated carbocycles. The van der Waals surface area contributed by atoms with Gasteiger partial charge in [0.15, 0.2) is 5.69 Å². The van der Waals surface area contributed by atoms with Gasteiger partial charge in [0.05, 0.1) is 12.2 Å². The number of carboxylic acid groups (broad SMARTS) is 1. The number of hydrogen-bond donors (Lipinski definition) is 1. The van der Waals surface area contributed by atoms with Gasteiger partial charge in [-0.15, -0.1) is 5.10 Å². The maximum atomic E-state index is 10.6. The molecule has 0 spiro atoms. The number of nitrogens with zero attached hydrogens (tertiary/aromatic N) is 3. The van der Waals surface area contributed by atoms with Crippen LogP contribution < -0.4 is 0 Å². The third-order valence-corrected chi connectivity index (χ3v) is 3.09. The van der Waals surface area contributed by atoms with E-state index in [1.807, 2.05) is 0 Å². The van der Waals surface area contributed by atoms with E-state index in [1.54, 1.807) is 4.68 Å². The van der Waals surface area contributed by atoms with Crippen molar-refractivity contribution in [1.82, 2.24) is 15.0 Å². The molecule has 1 aromatic rings. The lowest BCUT2D eigenvalue weighted by atomic mass is 9.87. The van der Waals surface area contributed by atoms with Crippen LogP contribution in [-0.2, 0) is 0 Å². The van der Waals surface area contributed by atoms with Gasteiger partial charge in [-0.25, -0.2) is 9.48 Å². The predicted molar refractivity (Wildman–Crippen MR) is 53.7 cm³/mol. The molecule has 1 N–H and O–H groups in total. The third kappa shape index (κ3) is 2.16. The lowest BCUT2D eigenvalue weighted by Crippen LogP contribution is -2.17. The Morgan fingerprint density at radius 1 is 1.47 bits per heavy atom. The molecule has 5 heteroatoms. The average Bonchev–Trinajstić information content (AvgIpc) is 2.68. The number of hydrogen-bond acceptors (Lipinski definition) is 3. The van der Waals surface area contributed by atoms with E-state index >= 15 is 0 Å². The Balaban J connectivity index is 2.06. The number of aromatic carboxylic acids is 1. The molecule has 0 bridgehead atoms. The first-order valence-corrected chi connectivity index (χ1v) is 5.32. The zero-order valence-corrected chi connectivity index (χ0v) is 8.76. The fraction of sp³-hybridized carbons (Fsp3) is 0.700. The molecule has 0 saturated heterocycles. The standard InChI is InChI=1S/C10H15N3O2/c1-7-2-4-8(5-3-7)13-6-9(10(14)15)11-12-13/h6-8H,2-5H2,1H3,(H,14,15). The molecule has 0 aliphatic heterocycles. The quantitative estimate of drug-likeness (QED) is 0.805. The van der Waals surface area contributed by atoms with Crippen LogP contribution in [0.3, 0.4) is 0 Å². The molecule has 0 radical (unpaired) electrons. The van der Waals surface area contributed by atoms with E-state index in [2.05, 4.69) is 17.2 Å². The van der Waals surface area contributed by atoms with E-state index in [1.165, 1.54) is 19.0 Å². The van der Waals surface area contributed by atoms with Crippen molar-refractivity contribution in [3.05, 3.63) is 11.9 Å². The first-order chi connectivity index (χ1) is 7.16. The van der Waals surface area contributed by atoms with Crippen molar-refractivity contribution in [2.75, 3.05) is 0 Å². The van der Waals surface area contributed by atoms with E-state index in [0.717, 1.165) is 18.8 Å². The van der Waals surface area contributed by atoms with Gasteiger partial charge in [0, 0.05) is 0 Å². The van der Waals surface area contributed by atoms with Gasteiger partial charge >= 0.3 is 5.97 Å². The normalized spacial score (nSPS) is 26.5. The minimum atomic E-state index is -1.01. The summed E-state index contributed by atoms with van der Waals surface area (Å²) in [6.07, 6.45) is 6.05. The highest BCUT2D eigenvalue weighted by Crippen LogP contribution is 2.31. The van der Waals surface area contributed by atoms with Gasteiger partial charge in [0.2, 0.25) is 0 Å². The molecule has 0 aromatic carbocycles. The number of rotatable bonds is 2. The zero-order chi connectivity index (χ0) is 10.8. The van der Waals surface area contributed by atoms with Crippen molar-refractivity contribution < 1.29 is 9.90 Å². The Morgan fingerprint density at radius 2 is 2.13 bits per heavy atom. The summed E-state index contributed by atoms with van der Waals surface area (Å²) >= 11 is 0. The number of carboxylic acids is 1. The Morgan fingerprint density at radius 3 is 2.67 bits per heavy atom.